The van der Waals surface area contributed by atoms with Crippen LogP contribution in [0, 0.1) is 0 Å². The maximum Gasteiger partial charge on any atom is 0.306 e. The number of carbonyl (C=O) groups excluding carboxylic acids is 2. The minimum Gasteiger partial charge on any atom is -0.494 e. The van der Waals surface area contributed by atoms with Crippen LogP contribution in [-0.2, 0) is 25.6 Å². The minimum absolute atomic E-state index is 0.00450. The molecule has 0 unspecified atom stereocenters. The van der Waals surface area contributed by atoms with E-state index in [-0.39, 0.29) is 37.9 Å². The number of aliphatic hydroxyl groups excluding tert-OH is 2. The van der Waals surface area contributed by atoms with Gasteiger partial charge in [-0.2, -0.15) is 0 Å². The Hall–Kier alpha value is -4.12. The zero-order valence-corrected chi connectivity index (χ0v) is 26.1. The van der Waals surface area contributed by atoms with E-state index in [0.29, 0.717) is 61.2 Å². The molecule has 1 saturated carbocycles. The molecule has 45 heavy (non-hydrogen) atoms. The van der Waals surface area contributed by atoms with E-state index in [1.54, 1.807) is 45.0 Å². The number of nitrogens with one attached hydrogen (secondary N) is 1. The average Bonchev–Trinajstić information content (AvgIpc) is 3.41. The van der Waals surface area contributed by atoms with Crippen molar-refractivity contribution in [1.29, 1.82) is 0 Å². The molecule has 0 saturated heterocycles. The number of hydrogen-bond donors (Lipinski definition) is 3. The van der Waals surface area contributed by atoms with Gasteiger partial charge in [0, 0.05) is 36.0 Å². The second kappa shape index (κ2) is 15.2. The largest absolute Gasteiger partial charge is 0.494 e. The van der Waals surface area contributed by atoms with Gasteiger partial charge in [-0.05, 0) is 93.8 Å². The molecule has 1 aliphatic heterocycles. The third kappa shape index (κ3) is 8.97. The topological polar surface area (TPSA) is 175 Å². The van der Waals surface area contributed by atoms with Gasteiger partial charge in [0.1, 0.15) is 11.4 Å². The van der Waals surface area contributed by atoms with Crippen molar-refractivity contribution in [1.82, 2.24) is 5.32 Å². The number of aliphatic imine (C=N–C) groups is 1. The van der Waals surface area contributed by atoms with Gasteiger partial charge in [-0.3, -0.25) is 9.59 Å². The van der Waals surface area contributed by atoms with Crippen LogP contribution < -0.4 is 10.1 Å². The van der Waals surface area contributed by atoms with E-state index in [9.17, 15) is 14.7 Å². The van der Waals surface area contributed by atoms with Crippen molar-refractivity contribution in [2.24, 2.45) is 10.1 Å². The van der Waals surface area contributed by atoms with Crippen molar-refractivity contribution in [2.75, 3.05) is 13.2 Å². The molecule has 12 heteroatoms. The van der Waals surface area contributed by atoms with Gasteiger partial charge in [0.25, 0.3) is 5.91 Å². The standard InChI is InChI=1S/C33H43N5O7/c1-32(2,3)45-28(41)17-18-33(31(42)36-24-11-13-25(40)14-12-24)29(27-8-5-4-7-23(27)21-35-38-34)44-30(37-33)22-9-15-26(16-10-22)43-20-6-19-39/h4-5,7-10,15-16,24-25,29,39-40H,6,11-14,17-21H2,1-3H3,(H,36,42)/t24?,25?,29-,33-/m1/s1. The normalized spacial score (nSPS) is 22.9. The van der Waals surface area contributed by atoms with Crippen LogP contribution in [0.4, 0.5) is 0 Å². The molecule has 2 aliphatic rings. The van der Waals surface area contributed by atoms with Crippen molar-refractivity contribution in [3.63, 3.8) is 0 Å². The number of rotatable bonds is 13. The number of azide groups is 1. The number of hydrogen-bond acceptors (Lipinski definition) is 9. The van der Waals surface area contributed by atoms with Crippen molar-refractivity contribution in [3.05, 3.63) is 75.7 Å². The Morgan fingerprint density at radius 1 is 1.13 bits per heavy atom. The minimum atomic E-state index is -1.56. The third-order valence-corrected chi connectivity index (χ3v) is 7.83. The highest BCUT2D eigenvalue weighted by molar-refractivity contribution is 6.01. The van der Waals surface area contributed by atoms with Crippen LogP contribution >= 0.6 is 0 Å². The highest BCUT2D eigenvalue weighted by Crippen LogP contribution is 2.45. The fourth-order valence-corrected chi connectivity index (χ4v) is 5.60. The Morgan fingerprint density at radius 2 is 1.84 bits per heavy atom. The van der Waals surface area contributed by atoms with E-state index in [4.69, 9.17) is 29.8 Å². The first-order valence-electron chi connectivity index (χ1n) is 15.4. The second-order valence-corrected chi connectivity index (χ2v) is 12.4. The lowest BCUT2D eigenvalue weighted by atomic mass is 9.81. The molecule has 1 amide bonds. The molecule has 2 aromatic carbocycles. The maximum atomic E-state index is 14.5. The number of esters is 1. The van der Waals surface area contributed by atoms with Gasteiger partial charge in [-0.1, -0.05) is 29.4 Å². The van der Waals surface area contributed by atoms with Gasteiger partial charge in [0.05, 0.1) is 19.3 Å². The molecule has 0 bridgehead atoms. The fraction of sp³-hybridized carbons (Fsp3) is 0.545. The molecule has 2 aromatic rings. The predicted molar refractivity (Wildman–Crippen MR) is 168 cm³/mol. The monoisotopic (exact) mass is 621 g/mol. The molecular formula is C33H43N5O7. The van der Waals surface area contributed by atoms with E-state index in [0.717, 1.165) is 0 Å². The predicted octanol–water partition coefficient (Wildman–Crippen LogP) is 5.06. The molecule has 242 valence electrons. The van der Waals surface area contributed by atoms with Crippen LogP contribution in [0.15, 0.2) is 58.6 Å². The molecule has 0 aromatic heterocycles. The van der Waals surface area contributed by atoms with Gasteiger partial charge < -0.3 is 29.7 Å². The Morgan fingerprint density at radius 3 is 2.51 bits per heavy atom. The molecule has 0 spiro atoms. The zero-order valence-electron chi connectivity index (χ0n) is 26.1. The number of nitrogens with zero attached hydrogens (tertiary/aromatic N) is 4. The van der Waals surface area contributed by atoms with E-state index in [2.05, 4.69) is 15.3 Å². The van der Waals surface area contributed by atoms with E-state index in [1.165, 1.54) is 0 Å². The summed E-state index contributed by atoms with van der Waals surface area (Å²) in [7, 11) is 0. The van der Waals surface area contributed by atoms with Crippen LogP contribution in [0.25, 0.3) is 10.4 Å². The van der Waals surface area contributed by atoms with Crippen molar-refractivity contribution in [3.8, 4) is 5.75 Å². The van der Waals surface area contributed by atoms with E-state index >= 15 is 0 Å². The molecular weight excluding hydrogens is 578 g/mol. The SMILES string of the molecule is CC(C)(C)OC(=O)CC[C@@]1(C(=O)NC2CCC(O)CC2)N=C(c2ccc(OCCCO)cc2)O[C@@H]1c1ccccc1CN=[N+]=[N-]. The van der Waals surface area contributed by atoms with Crippen molar-refractivity contribution < 1.29 is 34.0 Å². The summed E-state index contributed by atoms with van der Waals surface area (Å²) >= 11 is 0. The quantitative estimate of drug-likeness (QED) is 0.0921. The van der Waals surface area contributed by atoms with E-state index < -0.39 is 35.2 Å². The lowest BCUT2D eigenvalue weighted by molar-refractivity contribution is -0.155. The number of ether oxygens (including phenoxy) is 3. The summed E-state index contributed by atoms with van der Waals surface area (Å²) in [5.41, 5.74) is 8.66. The van der Waals surface area contributed by atoms with Gasteiger partial charge in [0.2, 0.25) is 5.90 Å². The number of amides is 1. The smallest absolute Gasteiger partial charge is 0.306 e. The van der Waals surface area contributed by atoms with Crippen LogP contribution in [0.1, 0.15) is 88.5 Å². The molecule has 1 fully saturated rings. The van der Waals surface area contributed by atoms with E-state index in [1.807, 2.05) is 24.3 Å². The second-order valence-electron chi connectivity index (χ2n) is 12.4. The summed E-state index contributed by atoms with van der Waals surface area (Å²) in [6, 6.07) is 14.2. The van der Waals surface area contributed by atoms with Gasteiger partial charge in [-0.15, -0.1) is 0 Å². The lowest BCUT2D eigenvalue weighted by Gasteiger charge is -2.34. The highest BCUT2D eigenvalue weighted by atomic mass is 16.6. The van der Waals surface area contributed by atoms with Crippen LogP contribution in [-0.4, -0.2) is 64.5 Å². The van der Waals surface area contributed by atoms with Crippen LogP contribution in [0.2, 0.25) is 0 Å². The molecule has 1 heterocycles. The van der Waals surface area contributed by atoms with Gasteiger partial charge >= 0.3 is 5.97 Å². The Kier molecular flexibility index (Phi) is 11.4. The number of carbonyl (C=O) groups is 2. The zero-order chi connectivity index (χ0) is 32.5. The first kappa shape index (κ1) is 33.8. The first-order valence-corrected chi connectivity index (χ1v) is 15.4. The van der Waals surface area contributed by atoms with Gasteiger partial charge in [-0.25, -0.2) is 4.99 Å². The molecule has 3 N–H and O–H groups in total. The molecule has 1 aliphatic carbocycles. The van der Waals surface area contributed by atoms with Crippen molar-refractivity contribution in [2.45, 2.75) is 102 Å². The molecule has 12 nitrogen and oxygen atoms in total. The summed E-state index contributed by atoms with van der Waals surface area (Å²) < 4.78 is 17.8. The Bertz CT molecular complexity index is 1390. The van der Waals surface area contributed by atoms with Gasteiger partial charge in [0.15, 0.2) is 11.6 Å². The Balaban J connectivity index is 1.77. The molecule has 0 radical (unpaired) electrons. The Labute approximate surface area is 263 Å². The fourth-order valence-electron chi connectivity index (χ4n) is 5.60. The number of aliphatic hydroxyl groups is 2. The highest BCUT2D eigenvalue weighted by Gasteiger charge is 2.54. The maximum absolute atomic E-state index is 14.5. The van der Waals surface area contributed by atoms with Crippen LogP contribution in [0.5, 0.6) is 5.75 Å². The summed E-state index contributed by atoms with van der Waals surface area (Å²) in [5, 5.41) is 26.0. The summed E-state index contributed by atoms with van der Waals surface area (Å²) in [6.07, 6.45) is 1.44. The summed E-state index contributed by atoms with van der Waals surface area (Å²) in [4.78, 5) is 35.3. The molecule has 2 atom stereocenters. The first-order chi connectivity index (χ1) is 21.5. The summed E-state index contributed by atoms with van der Waals surface area (Å²) in [6.45, 7) is 5.78. The molecule has 4 rings (SSSR count). The lowest BCUT2D eigenvalue weighted by Crippen LogP contribution is -2.52. The summed E-state index contributed by atoms with van der Waals surface area (Å²) in [5.74, 6) is -0.0334. The number of benzene rings is 2. The van der Waals surface area contributed by atoms with Crippen molar-refractivity contribution >= 4 is 17.8 Å². The third-order valence-electron chi connectivity index (χ3n) is 7.83. The average molecular weight is 622 g/mol. The van der Waals surface area contributed by atoms with Crippen LogP contribution in [0.3, 0.4) is 0 Å².